The van der Waals surface area contributed by atoms with Crippen LogP contribution in [-0.4, -0.2) is 21.3 Å². The quantitative estimate of drug-likeness (QED) is 0.848. The minimum Gasteiger partial charge on any atom is -0.487 e. The third-order valence-corrected chi connectivity index (χ3v) is 2.59. The van der Waals surface area contributed by atoms with Gasteiger partial charge in [0, 0.05) is 0 Å². The molecule has 1 heterocycles. The van der Waals surface area contributed by atoms with Crippen LogP contribution in [0, 0.1) is 0 Å². The highest BCUT2D eigenvalue weighted by Crippen LogP contribution is 2.19. The summed E-state index contributed by atoms with van der Waals surface area (Å²) in [5, 5.41) is 15.0. The fourth-order valence-corrected chi connectivity index (χ4v) is 1.64. The van der Waals surface area contributed by atoms with Gasteiger partial charge in [0.1, 0.15) is 12.4 Å². The van der Waals surface area contributed by atoms with Gasteiger partial charge < -0.3 is 9.84 Å². The number of ether oxygens (including phenoxy) is 1. The van der Waals surface area contributed by atoms with E-state index in [4.69, 9.17) is 9.84 Å². The van der Waals surface area contributed by atoms with Crippen LogP contribution in [-0.2, 0) is 13.0 Å². The molecule has 0 aliphatic rings. The molecule has 1 aromatic heterocycles. The predicted molar refractivity (Wildman–Crippen MR) is 65.7 cm³/mol. The Kier molecular flexibility index (Phi) is 3.62. The Morgan fingerprint density at radius 2 is 2.22 bits per heavy atom. The summed E-state index contributed by atoms with van der Waals surface area (Å²) in [4.78, 5) is 10.7. The number of carbonyl (C=O) groups is 1. The van der Waals surface area contributed by atoms with Crippen LogP contribution in [0.2, 0.25) is 0 Å². The molecular weight excluding hydrogens is 232 g/mol. The first-order valence-corrected chi connectivity index (χ1v) is 5.69. The van der Waals surface area contributed by atoms with Crippen molar-refractivity contribution in [3.63, 3.8) is 0 Å². The number of rotatable bonds is 5. The number of hydrogen-bond donors (Lipinski definition) is 2. The van der Waals surface area contributed by atoms with Crippen LogP contribution in [0.1, 0.15) is 28.7 Å². The highest BCUT2D eigenvalue weighted by Gasteiger charge is 2.08. The molecule has 2 N–H and O–H groups in total. The summed E-state index contributed by atoms with van der Waals surface area (Å²) in [5.41, 5.74) is 1.76. The fourth-order valence-electron chi connectivity index (χ4n) is 1.64. The van der Waals surface area contributed by atoms with Crippen LogP contribution in [0.4, 0.5) is 0 Å². The van der Waals surface area contributed by atoms with Crippen molar-refractivity contribution in [2.45, 2.75) is 20.0 Å². The van der Waals surface area contributed by atoms with Crippen LogP contribution in [0.15, 0.2) is 30.3 Å². The number of para-hydroxylation sites is 1. The number of nitrogens with zero attached hydrogens (tertiary/aromatic N) is 1. The largest absolute Gasteiger partial charge is 0.487 e. The third kappa shape index (κ3) is 2.68. The standard InChI is InChI=1S/C13H14N2O3/c1-2-9-5-3-4-6-12(9)18-8-10-7-11(13(16)17)15-14-10/h3-7H,2,8H2,1H3,(H,14,15)(H,16,17). The van der Waals surface area contributed by atoms with Gasteiger partial charge in [-0.15, -0.1) is 0 Å². The lowest BCUT2D eigenvalue weighted by Crippen LogP contribution is -1.98. The Morgan fingerprint density at radius 3 is 2.89 bits per heavy atom. The van der Waals surface area contributed by atoms with E-state index in [9.17, 15) is 4.79 Å². The van der Waals surface area contributed by atoms with Crippen molar-refractivity contribution in [1.82, 2.24) is 10.2 Å². The number of aryl methyl sites for hydroxylation is 1. The maximum atomic E-state index is 10.7. The van der Waals surface area contributed by atoms with Crippen molar-refractivity contribution >= 4 is 5.97 Å². The van der Waals surface area contributed by atoms with Gasteiger partial charge in [-0.05, 0) is 24.1 Å². The van der Waals surface area contributed by atoms with Crippen LogP contribution in [0.25, 0.3) is 0 Å². The molecular formula is C13H14N2O3. The Hall–Kier alpha value is -2.30. The lowest BCUT2D eigenvalue weighted by atomic mass is 10.1. The van der Waals surface area contributed by atoms with Crippen LogP contribution in [0.5, 0.6) is 5.75 Å². The van der Waals surface area contributed by atoms with E-state index in [1.165, 1.54) is 6.07 Å². The number of benzene rings is 1. The Labute approximate surface area is 104 Å². The maximum absolute atomic E-state index is 10.7. The topological polar surface area (TPSA) is 75.2 Å². The van der Waals surface area contributed by atoms with Crippen LogP contribution >= 0.6 is 0 Å². The molecule has 0 bridgehead atoms. The Morgan fingerprint density at radius 1 is 1.44 bits per heavy atom. The van der Waals surface area contributed by atoms with Gasteiger partial charge >= 0.3 is 5.97 Å². The summed E-state index contributed by atoms with van der Waals surface area (Å²) in [6.07, 6.45) is 0.888. The first-order valence-electron chi connectivity index (χ1n) is 5.69. The average molecular weight is 246 g/mol. The van der Waals surface area contributed by atoms with E-state index in [0.717, 1.165) is 17.7 Å². The van der Waals surface area contributed by atoms with Crippen molar-refractivity contribution in [2.75, 3.05) is 0 Å². The van der Waals surface area contributed by atoms with Gasteiger partial charge in [-0.1, -0.05) is 25.1 Å². The zero-order chi connectivity index (χ0) is 13.0. The molecule has 0 fully saturated rings. The number of H-pyrrole nitrogens is 1. The number of carboxylic acid groups (broad SMARTS) is 1. The van der Waals surface area contributed by atoms with Crippen molar-refractivity contribution in [3.05, 3.63) is 47.3 Å². The van der Waals surface area contributed by atoms with E-state index in [0.29, 0.717) is 5.69 Å². The van der Waals surface area contributed by atoms with Gasteiger partial charge in [0.25, 0.3) is 0 Å². The van der Waals surface area contributed by atoms with Gasteiger partial charge in [-0.2, -0.15) is 5.10 Å². The van der Waals surface area contributed by atoms with E-state index >= 15 is 0 Å². The zero-order valence-corrected chi connectivity index (χ0v) is 10.0. The smallest absolute Gasteiger partial charge is 0.356 e. The minimum atomic E-state index is -1.05. The number of carboxylic acids is 1. The number of aromatic amines is 1. The number of nitrogens with one attached hydrogen (secondary N) is 1. The number of aromatic nitrogens is 2. The van der Waals surface area contributed by atoms with E-state index in [-0.39, 0.29) is 12.3 Å². The summed E-state index contributed by atoms with van der Waals surface area (Å²) in [6, 6.07) is 9.24. The van der Waals surface area contributed by atoms with E-state index in [1.807, 2.05) is 24.3 Å². The second-order valence-corrected chi connectivity index (χ2v) is 3.83. The molecule has 0 amide bonds. The predicted octanol–water partition coefficient (Wildman–Crippen LogP) is 2.25. The van der Waals surface area contributed by atoms with E-state index in [2.05, 4.69) is 17.1 Å². The molecule has 18 heavy (non-hydrogen) atoms. The molecule has 5 nitrogen and oxygen atoms in total. The highest BCUT2D eigenvalue weighted by molar-refractivity contribution is 5.85. The average Bonchev–Trinajstić information content (AvgIpc) is 2.85. The zero-order valence-electron chi connectivity index (χ0n) is 10.0. The lowest BCUT2D eigenvalue weighted by molar-refractivity contribution is 0.0690. The molecule has 0 saturated carbocycles. The van der Waals surface area contributed by atoms with E-state index < -0.39 is 5.97 Å². The first-order chi connectivity index (χ1) is 8.70. The molecule has 0 aliphatic heterocycles. The van der Waals surface area contributed by atoms with Crippen molar-refractivity contribution in [1.29, 1.82) is 0 Å². The Bertz CT molecular complexity index is 549. The van der Waals surface area contributed by atoms with Gasteiger partial charge in [0.15, 0.2) is 5.69 Å². The summed E-state index contributed by atoms with van der Waals surface area (Å²) < 4.78 is 5.64. The second kappa shape index (κ2) is 5.35. The molecule has 1 aromatic carbocycles. The fraction of sp³-hybridized carbons (Fsp3) is 0.231. The number of aromatic carboxylic acids is 1. The lowest BCUT2D eigenvalue weighted by Gasteiger charge is -2.08. The van der Waals surface area contributed by atoms with Crippen LogP contribution < -0.4 is 4.74 Å². The molecule has 2 aromatic rings. The molecule has 0 spiro atoms. The minimum absolute atomic E-state index is 0.00243. The molecule has 0 aliphatic carbocycles. The van der Waals surface area contributed by atoms with Crippen LogP contribution in [0.3, 0.4) is 0 Å². The molecule has 0 radical (unpaired) electrons. The van der Waals surface area contributed by atoms with Gasteiger partial charge in [0.05, 0.1) is 5.69 Å². The summed E-state index contributed by atoms with van der Waals surface area (Å²) in [5.74, 6) is -0.238. The maximum Gasteiger partial charge on any atom is 0.356 e. The van der Waals surface area contributed by atoms with Crippen molar-refractivity contribution in [2.24, 2.45) is 0 Å². The van der Waals surface area contributed by atoms with Crippen molar-refractivity contribution in [3.8, 4) is 5.75 Å². The summed E-state index contributed by atoms with van der Waals surface area (Å²) in [6.45, 7) is 2.33. The molecule has 94 valence electrons. The highest BCUT2D eigenvalue weighted by atomic mass is 16.5. The molecule has 5 heteroatoms. The van der Waals surface area contributed by atoms with Gasteiger partial charge in [0.2, 0.25) is 0 Å². The SMILES string of the molecule is CCc1ccccc1OCc1cc(C(=O)O)n[nH]1. The van der Waals surface area contributed by atoms with E-state index in [1.54, 1.807) is 0 Å². The second-order valence-electron chi connectivity index (χ2n) is 3.83. The normalized spacial score (nSPS) is 10.3. The van der Waals surface area contributed by atoms with Gasteiger partial charge in [-0.25, -0.2) is 4.79 Å². The van der Waals surface area contributed by atoms with Crippen molar-refractivity contribution < 1.29 is 14.6 Å². The first kappa shape index (κ1) is 12.2. The Balaban J connectivity index is 2.04. The monoisotopic (exact) mass is 246 g/mol. The molecule has 0 saturated heterocycles. The molecule has 2 rings (SSSR count). The summed E-state index contributed by atoms with van der Waals surface area (Å²) in [7, 11) is 0. The molecule has 0 atom stereocenters. The van der Waals surface area contributed by atoms with Gasteiger partial charge in [-0.3, -0.25) is 5.10 Å². The molecule has 0 unspecified atom stereocenters. The third-order valence-electron chi connectivity index (χ3n) is 2.59. The number of hydrogen-bond acceptors (Lipinski definition) is 3. The summed E-state index contributed by atoms with van der Waals surface area (Å²) >= 11 is 0.